The first-order chi connectivity index (χ1) is 7.76. The number of rotatable bonds is 3. The van der Waals surface area contributed by atoms with E-state index in [4.69, 9.17) is 0 Å². The molecule has 0 spiro atoms. The van der Waals surface area contributed by atoms with Crippen molar-refractivity contribution in [1.29, 1.82) is 0 Å². The number of hydrogen-bond acceptors (Lipinski definition) is 4. The third-order valence-corrected chi connectivity index (χ3v) is 3.18. The van der Waals surface area contributed by atoms with Gasteiger partial charge in [0.25, 0.3) is 0 Å². The highest BCUT2D eigenvalue weighted by Crippen LogP contribution is 2.22. The first kappa shape index (κ1) is 11.2. The summed E-state index contributed by atoms with van der Waals surface area (Å²) < 4.78 is 0. The van der Waals surface area contributed by atoms with Gasteiger partial charge < -0.3 is 10.2 Å². The molecule has 1 N–H and O–H groups in total. The van der Waals surface area contributed by atoms with Crippen LogP contribution in [0.15, 0.2) is 0 Å². The zero-order chi connectivity index (χ0) is 11.5. The first-order valence-corrected chi connectivity index (χ1v) is 6.06. The van der Waals surface area contributed by atoms with Crippen molar-refractivity contribution in [2.24, 2.45) is 0 Å². The third-order valence-electron chi connectivity index (χ3n) is 3.18. The van der Waals surface area contributed by atoms with E-state index in [1.807, 2.05) is 7.05 Å². The Kier molecular flexibility index (Phi) is 3.27. The van der Waals surface area contributed by atoms with Gasteiger partial charge in [-0.1, -0.05) is 6.92 Å². The fraction of sp³-hybridized carbons (Fsp3) is 0.667. The molecule has 0 aliphatic carbocycles. The lowest BCUT2D eigenvalue weighted by Gasteiger charge is -2.18. The Hall–Kier alpha value is -1.32. The first-order valence-electron chi connectivity index (χ1n) is 6.06. The predicted molar refractivity (Wildman–Crippen MR) is 67.1 cm³/mol. The number of aryl methyl sites for hydroxylation is 1. The largest absolute Gasteiger partial charge is 0.373 e. The van der Waals surface area contributed by atoms with Crippen LogP contribution >= 0.6 is 0 Å². The number of anilines is 2. The maximum Gasteiger partial charge on any atom is 0.227 e. The summed E-state index contributed by atoms with van der Waals surface area (Å²) in [4.78, 5) is 11.5. The van der Waals surface area contributed by atoms with Crippen molar-refractivity contribution in [1.82, 2.24) is 9.97 Å². The molecule has 0 atom stereocenters. The minimum absolute atomic E-state index is 0.886. The number of aromatic nitrogens is 2. The molecule has 0 unspecified atom stereocenters. The zero-order valence-electron chi connectivity index (χ0n) is 10.4. The average molecular weight is 220 g/mol. The van der Waals surface area contributed by atoms with Crippen LogP contribution in [0.3, 0.4) is 0 Å². The summed E-state index contributed by atoms with van der Waals surface area (Å²) in [6.07, 6.45) is 3.49. The Balaban J connectivity index is 2.36. The van der Waals surface area contributed by atoms with E-state index in [-0.39, 0.29) is 0 Å². The molecule has 0 amide bonds. The minimum atomic E-state index is 0.886. The van der Waals surface area contributed by atoms with Gasteiger partial charge in [-0.25, -0.2) is 4.98 Å². The molecule has 88 valence electrons. The smallest absolute Gasteiger partial charge is 0.227 e. The van der Waals surface area contributed by atoms with E-state index >= 15 is 0 Å². The predicted octanol–water partition coefficient (Wildman–Crippen LogP) is 1.99. The molecular formula is C12H20N4. The van der Waals surface area contributed by atoms with Gasteiger partial charge in [0.1, 0.15) is 5.82 Å². The van der Waals surface area contributed by atoms with Gasteiger partial charge in [-0.05, 0) is 26.2 Å². The highest BCUT2D eigenvalue weighted by Gasteiger charge is 2.17. The fourth-order valence-corrected chi connectivity index (χ4v) is 2.27. The molecular weight excluding hydrogens is 200 g/mol. The third kappa shape index (κ3) is 1.96. The lowest BCUT2D eigenvalue weighted by atomic mass is 10.2. The second-order valence-electron chi connectivity index (χ2n) is 4.23. The second-order valence-corrected chi connectivity index (χ2v) is 4.23. The molecule has 0 saturated carbocycles. The van der Waals surface area contributed by atoms with Crippen LogP contribution in [-0.4, -0.2) is 30.1 Å². The van der Waals surface area contributed by atoms with Crippen LogP contribution in [0.25, 0.3) is 0 Å². The minimum Gasteiger partial charge on any atom is -0.373 e. The van der Waals surface area contributed by atoms with Gasteiger partial charge in [-0.3, -0.25) is 0 Å². The zero-order valence-corrected chi connectivity index (χ0v) is 10.4. The molecule has 2 rings (SSSR count). The van der Waals surface area contributed by atoms with Crippen LogP contribution in [0, 0.1) is 6.92 Å². The van der Waals surface area contributed by atoms with Gasteiger partial charge in [-0.15, -0.1) is 0 Å². The molecule has 16 heavy (non-hydrogen) atoms. The molecule has 1 saturated heterocycles. The van der Waals surface area contributed by atoms with Crippen molar-refractivity contribution in [2.45, 2.75) is 33.1 Å². The SMILES string of the molecule is CCc1c(C)nc(N2CCCC2)nc1NC. The van der Waals surface area contributed by atoms with E-state index in [1.54, 1.807) is 0 Å². The van der Waals surface area contributed by atoms with Gasteiger partial charge >= 0.3 is 0 Å². The summed E-state index contributed by atoms with van der Waals surface area (Å²) in [5.41, 5.74) is 2.33. The summed E-state index contributed by atoms with van der Waals surface area (Å²) in [6.45, 7) is 6.39. The number of nitrogens with zero attached hydrogens (tertiary/aromatic N) is 3. The summed E-state index contributed by atoms with van der Waals surface area (Å²) >= 11 is 0. The molecule has 0 aromatic carbocycles. The quantitative estimate of drug-likeness (QED) is 0.845. The molecule has 0 bridgehead atoms. The molecule has 1 aromatic heterocycles. The fourth-order valence-electron chi connectivity index (χ4n) is 2.27. The van der Waals surface area contributed by atoms with Crippen molar-refractivity contribution in [3.63, 3.8) is 0 Å². The molecule has 1 aliphatic heterocycles. The molecule has 0 radical (unpaired) electrons. The Morgan fingerprint density at radius 3 is 2.50 bits per heavy atom. The van der Waals surface area contributed by atoms with Crippen LogP contribution in [0.1, 0.15) is 31.0 Å². The van der Waals surface area contributed by atoms with E-state index in [0.29, 0.717) is 0 Å². The summed E-state index contributed by atoms with van der Waals surface area (Å²) in [5, 5.41) is 3.17. The van der Waals surface area contributed by atoms with Gasteiger partial charge in [-0.2, -0.15) is 4.98 Å². The van der Waals surface area contributed by atoms with E-state index in [1.165, 1.54) is 18.4 Å². The van der Waals surface area contributed by atoms with Crippen LogP contribution < -0.4 is 10.2 Å². The van der Waals surface area contributed by atoms with Crippen molar-refractivity contribution >= 4 is 11.8 Å². The Morgan fingerprint density at radius 1 is 1.25 bits per heavy atom. The Labute approximate surface area is 97.1 Å². The van der Waals surface area contributed by atoms with E-state index < -0.39 is 0 Å². The highest BCUT2D eigenvalue weighted by atomic mass is 15.3. The van der Waals surface area contributed by atoms with E-state index in [9.17, 15) is 0 Å². The molecule has 4 heteroatoms. The van der Waals surface area contributed by atoms with Crippen molar-refractivity contribution in [2.75, 3.05) is 30.4 Å². The topological polar surface area (TPSA) is 41.1 Å². The van der Waals surface area contributed by atoms with Gasteiger partial charge in [0.2, 0.25) is 5.95 Å². The molecule has 1 aliphatic rings. The Bertz CT molecular complexity index is 370. The lowest BCUT2D eigenvalue weighted by molar-refractivity contribution is 0.876. The normalized spacial score (nSPS) is 15.6. The molecule has 4 nitrogen and oxygen atoms in total. The van der Waals surface area contributed by atoms with Gasteiger partial charge in [0, 0.05) is 31.4 Å². The van der Waals surface area contributed by atoms with Crippen LogP contribution in [-0.2, 0) is 6.42 Å². The molecule has 1 aromatic rings. The van der Waals surface area contributed by atoms with Gasteiger partial charge in [0.05, 0.1) is 0 Å². The number of hydrogen-bond donors (Lipinski definition) is 1. The standard InChI is InChI=1S/C12H20N4/c1-4-10-9(2)14-12(15-11(10)13-3)16-7-5-6-8-16/h4-8H2,1-3H3,(H,13,14,15). The second kappa shape index (κ2) is 4.68. The van der Waals surface area contributed by atoms with Crippen molar-refractivity contribution in [3.8, 4) is 0 Å². The van der Waals surface area contributed by atoms with Gasteiger partial charge in [0.15, 0.2) is 0 Å². The highest BCUT2D eigenvalue weighted by molar-refractivity contribution is 5.51. The van der Waals surface area contributed by atoms with E-state index in [0.717, 1.165) is 37.0 Å². The summed E-state index contributed by atoms with van der Waals surface area (Å²) in [7, 11) is 1.93. The molecule has 1 fully saturated rings. The van der Waals surface area contributed by atoms with E-state index in [2.05, 4.69) is 34.0 Å². The lowest BCUT2D eigenvalue weighted by Crippen LogP contribution is -2.22. The molecule has 2 heterocycles. The summed E-state index contributed by atoms with van der Waals surface area (Å²) in [5.74, 6) is 1.87. The maximum atomic E-state index is 4.61. The average Bonchev–Trinajstić information content (AvgIpc) is 2.81. The van der Waals surface area contributed by atoms with Crippen LogP contribution in [0.5, 0.6) is 0 Å². The number of nitrogens with one attached hydrogen (secondary N) is 1. The maximum absolute atomic E-state index is 4.61. The monoisotopic (exact) mass is 220 g/mol. The summed E-state index contributed by atoms with van der Waals surface area (Å²) in [6, 6.07) is 0. The van der Waals surface area contributed by atoms with Crippen molar-refractivity contribution in [3.05, 3.63) is 11.3 Å². The van der Waals surface area contributed by atoms with Crippen LogP contribution in [0.4, 0.5) is 11.8 Å². The van der Waals surface area contributed by atoms with Crippen molar-refractivity contribution < 1.29 is 0 Å². The Morgan fingerprint density at radius 2 is 1.94 bits per heavy atom. The van der Waals surface area contributed by atoms with Crippen LogP contribution in [0.2, 0.25) is 0 Å².